The van der Waals surface area contributed by atoms with Gasteiger partial charge in [-0.2, -0.15) is 0 Å². The number of hydrogen-bond acceptors (Lipinski definition) is 3. The molecule has 1 heterocycles. The van der Waals surface area contributed by atoms with Gasteiger partial charge in [-0.1, -0.05) is 29.8 Å². The molecule has 26 heavy (non-hydrogen) atoms. The monoisotopic (exact) mass is 373 g/mol. The SMILES string of the molecule is CCOc1cccc(C=NC2CC[NH+](Cc3ccc(Cl)cc3)CC2)c1O. The number of halogens is 1. The summed E-state index contributed by atoms with van der Waals surface area (Å²) >= 11 is 5.95. The van der Waals surface area contributed by atoms with Crippen LogP contribution in [0.4, 0.5) is 0 Å². The van der Waals surface area contributed by atoms with Crippen molar-refractivity contribution in [1.82, 2.24) is 0 Å². The predicted octanol–water partition coefficient (Wildman–Crippen LogP) is 3.11. The van der Waals surface area contributed by atoms with Crippen LogP contribution in [-0.2, 0) is 6.54 Å². The first-order valence-corrected chi connectivity index (χ1v) is 9.59. The van der Waals surface area contributed by atoms with Gasteiger partial charge in [-0.05, 0) is 31.2 Å². The number of benzene rings is 2. The summed E-state index contributed by atoms with van der Waals surface area (Å²) in [6.07, 6.45) is 3.91. The zero-order valence-electron chi connectivity index (χ0n) is 15.1. The summed E-state index contributed by atoms with van der Waals surface area (Å²) in [5.41, 5.74) is 2.04. The topological polar surface area (TPSA) is 46.3 Å². The Kier molecular flexibility index (Phi) is 6.53. The Labute approximate surface area is 160 Å². The molecule has 2 aromatic rings. The van der Waals surface area contributed by atoms with Crippen molar-refractivity contribution in [2.45, 2.75) is 32.4 Å². The molecule has 0 amide bonds. The van der Waals surface area contributed by atoms with Gasteiger partial charge in [0.15, 0.2) is 11.5 Å². The maximum atomic E-state index is 10.2. The summed E-state index contributed by atoms with van der Waals surface area (Å²) in [7, 11) is 0. The van der Waals surface area contributed by atoms with Gasteiger partial charge in [0, 0.05) is 35.2 Å². The van der Waals surface area contributed by atoms with Crippen molar-refractivity contribution in [3.63, 3.8) is 0 Å². The Morgan fingerprint density at radius 1 is 1.19 bits per heavy atom. The molecule has 2 aromatic carbocycles. The van der Waals surface area contributed by atoms with Crippen molar-refractivity contribution in [2.75, 3.05) is 19.7 Å². The first-order valence-electron chi connectivity index (χ1n) is 9.21. The fourth-order valence-corrected chi connectivity index (χ4v) is 3.45. The molecule has 4 nitrogen and oxygen atoms in total. The zero-order valence-corrected chi connectivity index (χ0v) is 15.9. The van der Waals surface area contributed by atoms with E-state index in [1.165, 1.54) is 5.56 Å². The average molecular weight is 374 g/mol. The van der Waals surface area contributed by atoms with Crippen molar-refractivity contribution < 1.29 is 14.7 Å². The molecule has 138 valence electrons. The van der Waals surface area contributed by atoms with E-state index in [-0.39, 0.29) is 5.75 Å². The Balaban J connectivity index is 1.53. The van der Waals surface area contributed by atoms with E-state index in [4.69, 9.17) is 21.3 Å². The molecule has 0 bridgehead atoms. The Morgan fingerprint density at radius 3 is 2.62 bits per heavy atom. The van der Waals surface area contributed by atoms with Crippen LogP contribution in [0, 0.1) is 0 Å². The van der Waals surface area contributed by atoms with Crippen LogP contribution in [0.5, 0.6) is 11.5 Å². The van der Waals surface area contributed by atoms with E-state index >= 15 is 0 Å². The standard InChI is InChI=1S/C21H25ClN2O2/c1-2-26-20-5-3-4-17(21(20)25)14-23-19-10-12-24(13-11-19)15-16-6-8-18(22)9-7-16/h3-9,14,19,25H,2,10-13,15H2,1H3/p+1. The highest BCUT2D eigenvalue weighted by Crippen LogP contribution is 2.28. The summed E-state index contributed by atoms with van der Waals surface area (Å²) in [4.78, 5) is 6.28. The van der Waals surface area contributed by atoms with Crippen LogP contribution in [0.3, 0.4) is 0 Å². The van der Waals surface area contributed by atoms with Crippen LogP contribution < -0.4 is 9.64 Å². The van der Waals surface area contributed by atoms with Gasteiger partial charge in [0.05, 0.1) is 25.7 Å². The molecular weight excluding hydrogens is 348 g/mol. The van der Waals surface area contributed by atoms with E-state index in [1.807, 2.05) is 31.2 Å². The van der Waals surface area contributed by atoms with Gasteiger partial charge in [-0.3, -0.25) is 4.99 Å². The lowest BCUT2D eigenvalue weighted by molar-refractivity contribution is -0.918. The lowest BCUT2D eigenvalue weighted by atomic mass is 10.0. The molecule has 0 atom stereocenters. The average Bonchev–Trinajstić information content (AvgIpc) is 2.66. The molecule has 0 unspecified atom stereocenters. The second-order valence-electron chi connectivity index (χ2n) is 6.69. The zero-order chi connectivity index (χ0) is 18.4. The second-order valence-corrected chi connectivity index (χ2v) is 7.13. The number of ether oxygens (including phenoxy) is 1. The highest BCUT2D eigenvalue weighted by atomic mass is 35.5. The van der Waals surface area contributed by atoms with Gasteiger partial charge >= 0.3 is 0 Å². The Hall–Kier alpha value is -2.04. The van der Waals surface area contributed by atoms with Crippen molar-refractivity contribution in [3.05, 3.63) is 58.6 Å². The number of nitrogens with zero attached hydrogens (tertiary/aromatic N) is 1. The third-order valence-corrected chi connectivity index (χ3v) is 5.04. The molecular formula is C21H26ClN2O2+. The number of piperidine rings is 1. The first kappa shape index (κ1) is 18.7. The van der Waals surface area contributed by atoms with Crippen LogP contribution in [0.25, 0.3) is 0 Å². The van der Waals surface area contributed by atoms with E-state index in [2.05, 4.69) is 12.1 Å². The number of hydrogen-bond donors (Lipinski definition) is 2. The number of rotatable bonds is 6. The molecule has 0 radical (unpaired) electrons. The molecule has 1 aliphatic heterocycles. The molecule has 0 spiro atoms. The van der Waals surface area contributed by atoms with Gasteiger partial charge in [-0.15, -0.1) is 0 Å². The highest BCUT2D eigenvalue weighted by Gasteiger charge is 2.21. The van der Waals surface area contributed by atoms with Gasteiger partial charge in [-0.25, -0.2) is 0 Å². The van der Waals surface area contributed by atoms with Crippen LogP contribution >= 0.6 is 11.6 Å². The molecule has 0 aliphatic carbocycles. The third-order valence-electron chi connectivity index (χ3n) is 4.78. The summed E-state index contributed by atoms with van der Waals surface area (Å²) in [5.74, 6) is 0.683. The predicted molar refractivity (Wildman–Crippen MR) is 106 cm³/mol. The molecule has 2 N–H and O–H groups in total. The van der Waals surface area contributed by atoms with Crippen LogP contribution in [0.1, 0.15) is 30.9 Å². The fraction of sp³-hybridized carbons (Fsp3) is 0.381. The summed E-state index contributed by atoms with van der Waals surface area (Å²) in [5, 5.41) is 11.0. The molecule has 0 saturated carbocycles. The molecule has 1 aliphatic rings. The largest absolute Gasteiger partial charge is 0.504 e. The summed E-state index contributed by atoms with van der Waals surface area (Å²) in [6, 6.07) is 14.0. The number of phenols is 1. The minimum Gasteiger partial charge on any atom is -0.504 e. The lowest BCUT2D eigenvalue weighted by Crippen LogP contribution is -3.12. The molecule has 1 saturated heterocycles. The van der Waals surface area contributed by atoms with Crippen molar-refractivity contribution in [1.29, 1.82) is 0 Å². The minimum absolute atomic E-state index is 0.170. The molecule has 0 aromatic heterocycles. The number of likely N-dealkylation sites (tertiary alicyclic amines) is 1. The molecule has 5 heteroatoms. The lowest BCUT2D eigenvalue weighted by Gasteiger charge is -2.27. The van der Waals surface area contributed by atoms with E-state index in [1.54, 1.807) is 17.2 Å². The molecule has 3 rings (SSSR count). The fourth-order valence-electron chi connectivity index (χ4n) is 3.33. The van der Waals surface area contributed by atoms with Crippen molar-refractivity contribution in [3.8, 4) is 11.5 Å². The first-order chi connectivity index (χ1) is 12.7. The molecule has 1 fully saturated rings. The van der Waals surface area contributed by atoms with Crippen molar-refractivity contribution in [2.24, 2.45) is 4.99 Å². The number of quaternary nitrogens is 1. The van der Waals surface area contributed by atoms with Gasteiger partial charge in [0.2, 0.25) is 0 Å². The Morgan fingerprint density at radius 2 is 1.92 bits per heavy atom. The highest BCUT2D eigenvalue weighted by molar-refractivity contribution is 6.30. The van der Waals surface area contributed by atoms with E-state index in [9.17, 15) is 5.11 Å². The van der Waals surface area contributed by atoms with Gasteiger partial charge in [0.1, 0.15) is 6.54 Å². The number of nitrogens with one attached hydrogen (secondary N) is 1. The maximum absolute atomic E-state index is 10.2. The van der Waals surface area contributed by atoms with Crippen molar-refractivity contribution >= 4 is 17.8 Å². The smallest absolute Gasteiger partial charge is 0.166 e. The second kappa shape index (κ2) is 9.06. The summed E-state index contributed by atoms with van der Waals surface area (Å²) in [6.45, 7) is 5.68. The quantitative estimate of drug-likeness (QED) is 0.764. The number of aliphatic imine (C=N–C) groups is 1. The number of para-hydroxylation sites is 1. The van der Waals surface area contributed by atoms with E-state index < -0.39 is 0 Å². The van der Waals surface area contributed by atoms with E-state index in [0.29, 0.717) is 24.0 Å². The van der Waals surface area contributed by atoms with Gasteiger partial charge < -0.3 is 14.7 Å². The number of phenolic OH excluding ortho intramolecular Hbond substituents is 1. The van der Waals surface area contributed by atoms with Crippen LogP contribution in [0.2, 0.25) is 5.02 Å². The number of aromatic hydroxyl groups is 1. The van der Waals surface area contributed by atoms with E-state index in [0.717, 1.165) is 37.5 Å². The van der Waals surface area contributed by atoms with Crippen LogP contribution in [0.15, 0.2) is 47.5 Å². The Bertz CT molecular complexity index is 738. The van der Waals surface area contributed by atoms with Gasteiger partial charge in [0.25, 0.3) is 0 Å². The maximum Gasteiger partial charge on any atom is 0.166 e. The minimum atomic E-state index is 0.170. The normalized spacial score (nSPS) is 20.4. The third kappa shape index (κ3) is 4.99. The van der Waals surface area contributed by atoms with Crippen LogP contribution in [-0.4, -0.2) is 37.1 Å². The summed E-state index contributed by atoms with van der Waals surface area (Å²) < 4.78 is 5.42.